The van der Waals surface area contributed by atoms with E-state index in [0.717, 1.165) is 18.4 Å². The Morgan fingerprint density at radius 1 is 1.43 bits per heavy atom. The minimum atomic E-state index is -0.256. The van der Waals surface area contributed by atoms with Gasteiger partial charge in [-0.25, -0.2) is 0 Å². The van der Waals surface area contributed by atoms with E-state index in [1.165, 1.54) is 0 Å². The van der Waals surface area contributed by atoms with Gasteiger partial charge >= 0.3 is 0 Å². The molecule has 0 unspecified atom stereocenters. The van der Waals surface area contributed by atoms with E-state index in [2.05, 4.69) is 15.5 Å². The van der Waals surface area contributed by atoms with Gasteiger partial charge in [-0.2, -0.15) is 16.3 Å². The third-order valence-electron chi connectivity index (χ3n) is 4.28. The molecule has 1 aliphatic rings. The third-order valence-corrected chi connectivity index (χ3v) is 4.98. The van der Waals surface area contributed by atoms with Crippen molar-refractivity contribution in [1.29, 1.82) is 0 Å². The quantitative estimate of drug-likeness (QED) is 0.909. The van der Waals surface area contributed by atoms with Crippen LogP contribution in [0.25, 0.3) is 0 Å². The lowest BCUT2D eigenvalue weighted by Gasteiger charge is -2.29. The van der Waals surface area contributed by atoms with Crippen molar-refractivity contribution in [3.8, 4) is 0 Å². The fourth-order valence-electron chi connectivity index (χ4n) is 2.82. The highest BCUT2D eigenvalue weighted by atomic mass is 32.1. The summed E-state index contributed by atoms with van der Waals surface area (Å²) in [5.41, 5.74) is 1.03. The van der Waals surface area contributed by atoms with E-state index in [4.69, 9.17) is 9.26 Å². The maximum atomic E-state index is 12.6. The van der Waals surface area contributed by atoms with E-state index < -0.39 is 0 Å². The van der Waals surface area contributed by atoms with Crippen molar-refractivity contribution in [2.45, 2.75) is 38.6 Å². The monoisotopic (exact) mass is 335 g/mol. The molecule has 6 nitrogen and oxygen atoms in total. The van der Waals surface area contributed by atoms with Crippen molar-refractivity contribution >= 4 is 17.2 Å². The summed E-state index contributed by atoms with van der Waals surface area (Å²) in [6.07, 6.45) is 1.75. The van der Waals surface area contributed by atoms with Crippen LogP contribution in [-0.2, 0) is 9.53 Å². The van der Waals surface area contributed by atoms with Gasteiger partial charge in [-0.05, 0) is 55.0 Å². The normalized spacial score (nSPS) is 18.5. The lowest BCUT2D eigenvalue weighted by molar-refractivity contribution is -0.124. The number of rotatable bonds is 5. The standard InChI is InChI=1S/C16H21N3O3S/c1-10(13-5-8-23-9-13)15(20)18-14(12-3-6-21-7-4-12)16-17-11(2)19-22-16/h5,8-10,12,14H,3-4,6-7H2,1-2H3,(H,18,20)/t10-,14-/m0/s1. The van der Waals surface area contributed by atoms with Crippen LogP contribution in [0.2, 0.25) is 0 Å². The minimum absolute atomic E-state index is 0.0178. The fourth-order valence-corrected chi connectivity index (χ4v) is 3.57. The highest BCUT2D eigenvalue weighted by Gasteiger charge is 2.32. The Bertz CT molecular complexity index is 635. The summed E-state index contributed by atoms with van der Waals surface area (Å²) in [7, 11) is 0. The zero-order valence-electron chi connectivity index (χ0n) is 13.3. The maximum absolute atomic E-state index is 12.6. The Balaban J connectivity index is 1.76. The second-order valence-corrected chi connectivity index (χ2v) is 6.67. The number of aromatic nitrogens is 2. The summed E-state index contributed by atoms with van der Waals surface area (Å²) in [4.78, 5) is 17.0. The van der Waals surface area contributed by atoms with Crippen molar-refractivity contribution in [3.05, 3.63) is 34.1 Å². The molecule has 23 heavy (non-hydrogen) atoms. The number of aryl methyl sites for hydroxylation is 1. The zero-order chi connectivity index (χ0) is 16.2. The summed E-state index contributed by atoms with van der Waals surface area (Å²) in [6.45, 7) is 5.09. The van der Waals surface area contributed by atoms with Gasteiger partial charge in [0.1, 0.15) is 6.04 Å². The van der Waals surface area contributed by atoms with Crippen molar-refractivity contribution in [2.24, 2.45) is 5.92 Å². The van der Waals surface area contributed by atoms with E-state index >= 15 is 0 Å². The molecule has 0 bridgehead atoms. The number of thiophene rings is 1. The Labute approximate surface area is 139 Å². The van der Waals surface area contributed by atoms with Crippen LogP contribution in [0.4, 0.5) is 0 Å². The minimum Gasteiger partial charge on any atom is -0.381 e. The molecule has 0 spiro atoms. The topological polar surface area (TPSA) is 77.2 Å². The fraction of sp³-hybridized carbons (Fsp3) is 0.562. The Morgan fingerprint density at radius 2 is 2.22 bits per heavy atom. The second-order valence-electron chi connectivity index (χ2n) is 5.89. The van der Waals surface area contributed by atoms with Gasteiger partial charge in [0, 0.05) is 13.2 Å². The van der Waals surface area contributed by atoms with Crippen molar-refractivity contribution in [1.82, 2.24) is 15.5 Å². The first-order valence-electron chi connectivity index (χ1n) is 7.85. The van der Waals surface area contributed by atoms with Gasteiger partial charge in [-0.15, -0.1) is 0 Å². The molecule has 1 aliphatic heterocycles. The molecule has 3 heterocycles. The summed E-state index contributed by atoms with van der Waals surface area (Å²) < 4.78 is 10.8. The van der Waals surface area contributed by atoms with Crippen LogP contribution in [0.5, 0.6) is 0 Å². The van der Waals surface area contributed by atoms with Crippen molar-refractivity contribution in [3.63, 3.8) is 0 Å². The van der Waals surface area contributed by atoms with Gasteiger partial charge in [-0.3, -0.25) is 4.79 Å². The Morgan fingerprint density at radius 3 is 2.83 bits per heavy atom. The van der Waals surface area contributed by atoms with Crippen molar-refractivity contribution < 1.29 is 14.1 Å². The van der Waals surface area contributed by atoms with Gasteiger partial charge in [0.2, 0.25) is 11.8 Å². The molecular weight excluding hydrogens is 314 g/mol. The average molecular weight is 335 g/mol. The highest BCUT2D eigenvalue weighted by molar-refractivity contribution is 7.08. The molecule has 0 aliphatic carbocycles. The first kappa shape index (κ1) is 16.1. The predicted molar refractivity (Wildman–Crippen MR) is 86.2 cm³/mol. The van der Waals surface area contributed by atoms with E-state index in [9.17, 15) is 4.79 Å². The molecule has 0 aromatic carbocycles. The number of hydrogen-bond donors (Lipinski definition) is 1. The molecule has 124 valence electrons. The second kappa shape index (κ2) is 7.23. The van der Waals surface area contributed by atoms with Crippen LogP contribution >= 0.6 is 11.3 Å². The molecule has 1 saturated heterocycles. The van der Waals surface area contributed by atoms with Gasteiger partial charge < -0.3 is 14.6 Å². The molecule has 7 heteroatoms. The van der Waals surface area contributed by atoms with E-state index in [-0.39, 0.29) is 23.8 Å². The van der Waals surface area contributed by atoms with Gasteiger partial charge in [0.15, 0.2) is 5.82 Å². The van der Waals surface area contributed by atoms with E-state index in [1.807, 2.05) is 23.8 Å². The lowest BCUT2D eigenvalue weighted by atomic mass is 9.90. The molecule has 1 fully saturated rings. The van der Waals surface area contributed by atoms with E-state index in [0.29, 0.717) is 24.9 Å². The van der Waals surface area contributed by atoms with Crippen LogP contribution in [-0.4, -0.2) is 29.3 Å². The SMILES string of the molecule is Cc1noc([C@@H](NC(=O)[C@@H](C)c2ccsc2)C2CCOCC2)n1. The highest BCUT2D eigenvalue weighted by Crippen LogP contribution is 2.30. The van der Waals surface area contributed by atoms with Crippen molar-refractivity contribution in [2.75, 3.05) is 13.2 Å². The number of amides is 1. The molecule has 0 saturated carbocycles. The molecule has 2 aromatic rings. The molecule has 3 rings (SSSR count). The third kappa shape index (κ3) is 3.79. The summed E-state index contributed by atoms with van der Waals surface area (Å²) >= 11 is 1.59. The molecule has 1 N–H and O–H groups in total. The van der Waals surface area contributed by atoms with Gasteiger partial charge in [-0.1, -0.05) is 5.16 Å². The zero-order valence-corrected chi connectivity index (χ0v) is 14.1. The number of ether oxygens (including phenoxy) is 1. The number of nitrogens with one attached hydrogen (secondary N) is 1. The molecule has 2 aromatic heterocycles. The summed E-state index contributed by atoms with van der Waals surface area (Å²) in [6, 6.07) is 1.73. The summed E-state index contributed by atoms with van der Waals surface area (Å²) in [5, 5.41) is 11.0. The first-order chi connectivity index (χ1) is 11.1. The molecule has 0 radical (unpaired) electrons. The van der Waals surface area contributed by atoms with Gasteiger partial charge in [0.25, 0.3) is 0 Å². The van der Waals surface area contributed by atoms with E-state index in [1.54, 1.807) is 18.3 Å². The van der Waals surface area contributed by atoms with Crippen LogP contribution in [0.3, 0.4) is 0 Å². The first-order valence-corrected chi connectivity index (χ1v) is 8.80. The lowest BCUT2D eigenvalue weighted by Crippen LogP contribution is -2.38. The predicted octanol–water partition coefficient (Wildman–Crippen LogP) is 2.83. The Hall–Kier alpha value is -1.73. The number of nitrogens with zero attached hydrogens (tertiary/aromatic N) is 2. The number of hydrogen-bond acceptors (Lipinski definition) is 6. The van der Waals surface area contributed by atoms with Crippen LogP contribution < -0.4 is 5.32 Å². The summed E-state index contributed by atoms with van der Waals surface area (Å²) in [5.74, 6) is 1.10. The van der Waals surface area contributed by atoms with Gasteiger partial charge in [0.05, 0.1) is 5.92 Å². The average Bonchev–Trinajstić information content (AvgIpc) is 3.24. The maximum Gasteiger partial charge on any atom is 0.249 e. The van der Waals surface area contributed by atoms with Crippen LogP contribution in [0, 0.1) is 12.8 Å². The largest absolute Gasteiger partial charge is 0.381 e. The number of carbonyl (C=O) groups excluding carboxylic acids is 1. The molecular formula is C16H21N3O3S. The Kier molecular flexibility index (Phi) is 5.07. The molecule has 2 atom stereocenters. The molecule has 1 amide bonds. The van der Waals surface area contributed by atoms with Crippen LogP contribution in [0.1, 0.15) is 49.0 Å². The van der Waals surface area contributed by atoms with Crippen LogP contribution in [0.15, 0.2) is 21.3 Å². The smallest absolute Gasteiger partial charge is 0.249 e. The number of carbonyl (C=O) groups is 1.